The fourth-order valence-corrected chi connectivity index (χ4v) is 9.63. The number of nitrogens with one attached hydrogen (secondary N) is 1. The highest BCUT2D eigenvalue weighted by Crippen LogP contribution is 2.18. The first-order valence-corrected chi connectivity index (χ1v) is 30.0. The summed E-state index contributed by atoms with van der Waals surface area (Å²) in [6.45, 7) is 4.37. The monoisotopic (exact) mass is 914 g/mol. The fourth-order valence-electron chi connectivity index (χ4n) is 9.63. The summed E-state index contributed by atoms with van der Waals surface area (Å²) in [4.78, 5) is 12.5. The minimum absolute atomic E-state index is 0.0252. The highest BCUT2D eigenvalue weighted by Gasteiger charge is 2.20. The molecule has 0 fully saturated rings. The van der Waals surface area contributed by atoms with E-state index in [4.69, 9.17) is 0 Å². The van der Waals surface area contributed by atoms with Crippen LogP contribution in [0.3, 0.4) is 0 Å². The Morgan fingerprint density at radius 3 is 0.923 bits per heavy atom. The zero-order chi connectivity index (χ0) is 47.0. The van der Waals surface area contributed by atoms with Gasteiger partial charge in [0.15, 0.2) is 0 Å². The standard InChI is InChI=1S/C61H119NO3/c1-3-5-7-9-11-13-15-17-18-19-20-21-22-23-24-25-26-27-28-29-30-31-32-33-34-35-36-37-38-39-40-41-42-43-44-45-47-49-51-53-55-57-61(65)62-59(58-63)60(64)56-54-52-50-48-46-16-14-12-10-8-6-4-2/h15,17,19-20,59-60,63-64H,3-14,16,18,21-58H2,1-2H3,(H,62,65)/b17-15-,20-19-. The van der Waals surface area contributed by atoms with Crippen LogP contribution >= 0.6 is 0 Å². The van der Waals surface area contributed by atoms with Crippen LogP contribution < -0.4 is 5.32 Å². The number of unbranched alkanes of at least 4 members (excludes halogenated alkanes) is 45. The summed E-state index contributed by atoms with van der Waals surface area (Å²) < 4.78 is 0. The van der Waals surface area contributed by atoms with Crippen LogP contribution in [0.5, 0.6) is 0 Å². The van der Waals surface area contributed by atoms with Gasteiger partial charge in [-0.1, -0.05) is 314 Å². The molecule has 2 atom stereocenters. The summed E-state index contributed by atoms with van der Waals surface area (Å²) in [7, 11) is 0. The summed E-state index contributed by atoms with van der Waals surface area (Å²) in [6, 6.07) is -0.531. The highest BCUT2D eigenvalue weighted by atomic mass is 16.3. The van der Waals surface area contributed by atoms with Crippen molar-refractivity contribution in [3.8, 4) is 0 Å². The van der Waals surface area contributed by atoms with Gasteiger partial charge in [-0.15, -0.1) is 0 Å². The Balaban J connectivity index is 3.32. The maximum atomic E-state index is 12.5. The molecule has 0 aromatic rings. The second kappa shape index (κ2) is 57.2. The van der Waals surface area contributed by atoms with Crippen molar-refractivity contribution >= 4 is 5.91 Å². The minimum Gasteiger partial charge on any atom is -0.394 e. The van der Waals surface area contributed by atoms with E-state index in [1.165, 1.54) is 283 Å². The van der Waals surface area contributed by atoms with Crippen LogP contribution in [0.25, 0.3) is 0 Å². The van der Waals surface area contributed by atoms with Gasteiger partial charge in [0, 0.05) is 6.42 Å². The topological polar surface area (TPSA) is 69.6 Å². The van der Waals surface area contributed by atoms with E-state index in [9.17, 15) is 15.0 Å². The number of amides is 1. The van der Waals surface area contributed by atoms with Gasteiger partial charge in [-0.3, -0.25) is 4.79 Å². The first kappa shape index (κ1) is 63.9. The van der Waals surface area contributed by atoms with Gasteiger partial charge in [0.05, 0.1) is 18.8 Å². The van der Waals surface area contributed by atoms with Gasteiger partial charge in [0.25, 0.3) is 0 Å². The van der Waals surface area contributed by atoms with Crippen LogP contribution in [0, 0.1) is 0 Å². The van der Waals surface area contributed by atoms with E-state index in [2.05, 4.69) is 43.5 Å². The smallest absolute Gasteiger partial charge is 0.220 e. The molecule has 1 amide bonds. The van der Waals surface area contributed by atoms with E-state index in [1.54, 1.807) is 0 Å². The molecule has 0 aromatic carbocycles. The fraction of sp³-hybridized carbons (Fsp3) is 0.918. The number of carbonyl (C=O) groups is 1. The molecule has 0 aliphatic rings. The maximum absolute atomic E-state index is 12.5. The molecule has 2 unspecified atom stereocenters. The van der Waals surface area contributed by atoms with Gasteiger partial charge in [0.1, 0.15) is 0 Å². The lowest BCUT2D eigenvalue weighted by atomic mass is 10.0. The van der Waals surface area contributed by atoms with E-state index in [0.29, 0.717) is 12.8 Å². The predicted molar refractivity (Wildman–Crippen MR) is 290 cm³/mol. The largest absolute Gasteiger partial charge is 0.394 e. The third-order valence-electron chi connectivity index (χ3n) is 14.2. The van der Waals surface area contributed by atoms with Gasteiger partial charge >= 0.3 is 0 Å². The zero-order valence-corrected chi connectivity index (χ0v) is 44.5. The molecule has 0 bridgehead atoms. The number of allylic oxidation sites excluding steroid dienone is 4. The van der Waals surface area contributed by atoms with Crippen molar-refractivity contribution < 1.29 is 15.0 Å². The molecule has 0 saturated carbocycles. The highest BCUT2D eigenvalue weighted by molar-refractivity contribution is 5.76. The number of aliphatic hydroxyl groups excluding tert-OH is 2. The molecule has 4 nitrogen and oxygen atoms in total. The lowest BCUT2D eigenvalue weighted by Crippen LogP contribution is -2.45. The third-order valence-corrected chi connectivity index (χ3v) is 14.2. The second-order valence-corrected chi connectivity index (χ2v) is 20.8. The molecule has 0 rings (SSSR count). The molecular formula is C61H119NO3. The van der Waals surface area contributed by atoms with E-state index >= 15 is 0 Å². The van der Waals surface area contributed by atoms with Gasteiger partial charge in [-0.25, -0.2) is 0 Å². The first-order valence-electron chi connectivity index (χ1n) is 30.0. The Morgan fingerprint density at radius 2 is 0.631 bits per heavy atom. The quantitative estimate of drug-likeness (QED) is 0.0421. The lowest BCUT2D eigenvalue weighted by molar-refractivity contribution is -0.123. The predicted octanol–water partition coefficient (Wildman–Crippen LogP) is 19.9. The van der Waals surface area contributed by atoms with Crippen molar-refractivity contribution in [1.82, 2.24) is 5.32 Å². The zero-order valence-electron chi connectivity index (χ0n) is 44.5. The van der Waals surface area contributed by atoms with Crippen molar-refractivity contribution in [2.24, 2.45) is 0 Å². The van der Waals surface area contributed by atoms with Gasteiger partial charge in [0.2, 0.25) is 5.91 Å². The molecule has 0 spiro atoms. The van der Waals surface area contributed by atoms with Crippen LogP contribution in [0.15, 0.2) is 24.3 Å². The van der Waals surface area contributed by atoms with Crippen LogP contribution in [-0.4, -0.2) is 34.9 Å². The first-order chi connectivity index (χ1) is 32.2. The van der Waals surface area contributed by atoms with Crippen molar-refractivity contribution in [2.45, 2.75) is 353 Å². The molecule has 65 heavy (non-hydrogen) atoms. The Bertz CT molecular complexity index is 947. The van der Waals surface area contributed by atoms with Gasteiger partial charge in [-0.05, 0) is 44.9 Å². The van der Waals surface area contributed by atoms with Crippen LogP contribution in [0.4, 0.5) is 0 Å². The van der Waals surface area contributed by atoms with E-state index in [-0.39, 0.29) is 12.5 Å². The van der Waals surface area contributed by atoms with Crippen LogP contribution in [0.1, 0.15) is 341 Å². The molecule has 386 valence electrons. The number of carbonyl (C=O) groups excluding carboxylic acids is 1. The second-order valence-electron chi connectivity index (χ2n) is 20.8. The molecule has 0 aliphatic heterocycles. The van der Waals surface area contributed by atoms with Crippen molar-refractivity contribution in [3.05, 3.63) is 24.3 Å². The Hall–Kier alpha value is -1.13. The molecular weight excluding hydrogens is 795 g/mol. The SMILES string of the molecule is CCCCCCC/C=C\C/C=C\CCCCCCCCCCCCCCCCCCCCCCCCCCCCCCCC(=O)NC(CO)C(O)CCCCCCCCCCCCCC. The van der Waals surface area contributed by atoms with Gasteiger partial charge in [-0.2, -0.15) is 0 Å². The van der Waals surface area contributed by atoms with Crippen molar-refractivity contribution in [2.75, 3.05) is 6.61 Å². The molecule has 0 radical (unpaired) electrons. The van der Waals surface area contributed by atoms with Crippen LogP contribution in [-0.2, 0) is 4.79 Å². The number of hydrogen-bond acceptors (Lipinski definition) is 3. The normalized spacial score (nSPS) is 12.9. The van der Waals surface area contributed by atoms with Gasteiger partial charge < -0.3 is 15.5 Å². The molecule has 0 heterocycles. The third kappa shape index (κ3) is 53.7. The summed E-state index contributed by atoms with van der Waals surface area (Å²) in [6.07, 6.45) is 76.3. The Labute approximate surface area is 409 Å². The average Bonchev–Trinajstić information content (AvgIpc) is 3.31. The lowest BCUT2D eigenvalue weighted by Gasteiger charge is -2.22. The minimum atomic E-state index is -0.655. The summed E-state index contributed by atoms with van der Waals surface area (Å²) >= 11 is 0. The molecule has 0 saturated heterocycles. The maximum Gasteiger partial charge on any atom is 0.220 e. The molecule has 3 N–H and O–H groups in total. The van der Waals surface area contributed by atoms with E-state index in [0.717, 1.165) is 32.1 Å². The Kier molecular flexibility index (Phi) is 56.2. The summed E-state index contributed by atoms with van der Waals surface area (Å²) in [5.41, 5.74) is 0. The molecule has 4 heteroatoms. The summed E-state index contributed by atoms with van der Waals surface area (Å²) in [5, 5.41) is 23.2. The average molecular weight is 915 g/mol. The number of aliphatic hydroxyl groups is 2. The number of hydrogen-bond donors (Lipinski definition) is 3. The Morgan fingerprint density at radius 1 is 0.369 bits per heavy atom. The van der Waals surface area contributed by atoms with E-state index in [1.807, 2.05) is 0 Å². The van der Waals surface area contributed by atoms with E-state index < -0.39 is 12.1 Å². The summed E-state index contributed by atoms with van der Waals surface area (Å²) in [5.74, 6) is -0.0252. The number of rotatable bonds is 56. The molecule has 0 aliphatic carbocycles. The van der Waals surface area contributed by atoms with Crippen LogP contribution in [0.2, 0.25) is 0 Å². The van der Waals surface area contributed by atoms with Crippen molar-refractivity contribution in [1.29, 1.82) is 0 Å². The molecule has 0 aromatic heterocycles. The van der Waals surface area contributed by atoms with Crippen molar-refractivity contribution in [3.63, 3.8) is 0 Å².